The number of nitrogens with one attached hydrogen (secondary N) is 4. The molecule has 0 bridgehead atoms. The van der Waals surface area contributed by atoms with Crippen molar-refractivity contribution in [2.24, 2.45) is 0 Å². The van der Waals surface area contributed by atoms with Gasteiger partial charge in [0.15, 0.2) is 5.11 Å². The van der Waals surface area contributed by atoms with Gasteiger partial charge in [0.05, 0.1) is 6.61 Å². The summed E-state index contributed by atoms with van der Waals surface area (Å²) in [6.07, 6.45) is -0.552. The molecule has 0 atom stereocenters. The maximum absolute atomic E-state index is 12.1. The molecular formula is C17H17ClN4O3S. The summed E-state index contributed by atoms with van der Waals surface area (Å²) in [5.74, 6) is -0.386. The van der Waals surface area contributed by atoms with Gasteiger partial charge in [-0.25, -0.2) is 4.79 Å². The molecule has 7 nitrogen and oxygen atoms in total. The van der Waals surface area contributed by atoms with Gasteiger partial charge >= 0.3 is 6.09 Å². The number of halogens is 1. The first-order valence-corrected chi connectivity index (χ1v) is 8.43. The quantitative estimate of drug-likeness (QED) is 0.470. The fourth-order valence-electron chi connectivity index (χ4n) is 1.90. The molecule has 0 aliphatic carbocycles. The zero-order valence-electron chi connectivity index (χ0n) is 13.8. The van der Waals surface area contributed by atoms with Gasteiger partial charge in [0.1, 0.15) is 0 Å². The van der Waals surface area contributed by atoms with Crippen LogP contribution >= 0.6 is 23.8 Å². The molecule has 0 fully saturated rings. The van der Waals surface area contributed by atoms with Gasteiger partial charge in [-0.3, -0.25) is 21.0 Å². The second-order valence-corrected chi connectivity index (χ2v) is 5.81. The summed E-state index contributed by atoms with van der Waals surface area (Å²) in [5, 5.41) is 6.21. The molecule has 0 saturated heterocycles. The van der Waals surface area contributed by atoms with Crippen molar-refractivity contribution in [3.8, 4) is 0 Å². The van der Waals surface area contributed by atoms with Crippen molar-refractivity contribution in [2.75, 3.05) is 17.2 Å². The summed E-state index contributed by atoms with van der Waals surface area (Å²) < 4.78 is 4.78. The van der Waals surface area contributed by atoms with E-state index in [-0.39, 0.29) is 17.6 Å². The van der Waals surface area contributed by atoms with Crippen LogP contribution in [0.2, 0.25) is 5.02 Å². The highest BCUT2D eigenvalue weighted by Crippen LogP contribution is 2.14. The summed E-state index contributed by atoms with van der Waals surface area (Å²) in [6, 6.07) is 13.3. The number of ether oxygens (including phenoxy) is 1. The Morgan fingerprint density at radius 1 is 1.04 bits per heavy atom. The van der Waals surface area contributed by atoms with Crippen LogP contribution in [0.15, 0.2) is 48.5 Å². The predicted octanol–water partition coefficient (Wildman–Crippen LogP) is 3.54. The van der Waals surface area contributed by atoms with Crippen LogP contribution in [0.3, 0.4) is 0 Å². The summed E-state index contributed by atoms with van der Waals surface area (Å²) in [4.78, 5) is 23.4. The fraction of sp³-hybridized carbons (Fsp3) is 0.118. The maximum atomic E-state index is 12.1. The first kappa shape index (κ1) is 19.5. The number of rotatable bonds is 4. The van der Waals surface area contributed by atoms with E-state index in [1.807, 2.05) is 0 Å². The molecule has 0 aliphatic rings. The van der Waals surface area contributed by atoms with Crippen LogP contribution in [-0.4, -0.2) is 23.7 Å². The Morgan fingerprint density at radius 3 is 2.42 bits per heavy atom. The van der Waals surface area contributed by atoms with Crippen LogP contribution in [0.4, 0.5) is 16.2 Å². The first-order valence-electron chi connectivity index (χ1n) is 7.64. The summed E-state index contributed by atoms with van der Waals surface area (Å²) in [5.41, 5.74) is 6.68. The summed E-state index contributed by atoms with van der Waals surface area (Å²) >= 11 is 11.0. The molecule has 0 saturated carbocycles. The third-order valence-corrected chi connectivity index (χ3v) is 3.48. The molecule has 0 spiro atoms. The van der Waals surface area contributed by atoms with E-state index in [1.54, 1.807) is 55.5 Å². The van der Waals surface area contributed by atoms with Gasteiger partial charge < -0.3 is 10.1 Å². The molecule has 2 rings (SSSR count). The number of amides is 2. The van der Waals surface area contributed by atoms with Crippen molar-refractivity contribution in [3.05, 3.63) is 59.1 Å². The zero-order valence-corrected chi connectivity index (χ0v) is 15.4. The molecule has 2 aromatic carbocycles. The Kier molecular flexibility index (Phi) is 7.19. The highest BCUT2D eigenvalue weighted by molar-refractivity contribution is 7.80. The number of anilines is 2. The second-order valence-electron chi connectivity index (χ2n) is 4.97. The van der Waals surface area contributed by atoms with E-state index in [0.29, 0.717) is 22.0 Å². The smallest absolute Gasteiger partial charge is 0.411 e. The standard InChI is InChI=1S/C17H17ClN4O3S/c1-2-25-17(24)20-13-8-6-11(7-9-13)15(23)21-22-16(26)19-14-5-3-4-12(18)10-14/h3-10H,2H2,1H3,(H,20,24)(H,21,23)(H2,19,22,26). The van der Waals surface area contributed by atoms with Crippen molar-refractivity contribution in [1.29, 1.82) is 0 Å². The average molecular weight is 393 g/mol. The van der Waals surface area contributed by atoms with Gasteiger partial charge in [-0.05, 0) is 61.6 Å². The molecule has 26 heavy (non-hydrogen) atoms. The minimum absolute atomic E-state index is 0.209. The van der Waals surface area contributed by atoms with Crippen LogP contribution in [-0.2, 0) is 4.74 Å². The summed E-state index contributed by atoms with van der Waals surface area (Å²) in [7, 11) is 0. The Morgan fingerprint density at radius 2 is 1.77 bits per heavy atom. The lowest BCUT2D eigenvalue weighted by Gasteiger charge is -2.12. The molecular weight excluding hydrogens is 376 g/mol. The molecule has 0 radical (unpaired) electrons. The van der Waals surface area contributed by atoms with Gasteiger partial charge in [0.25, 0.3) is 5.91 Å². The van der Waals surface area contributed by atoms with E-state index < -0.39 is 6.09 Å². The van der Waals surface area contributed by atoms with Crippen LogP contribution in [0.25, 0.3) is 0 Å². The Hall–Kier alpha value is -2.84. The molecule has 2 aromatic rings. The number of hydrazine groups is 1. The Labute approximate surface area is 161 Å². The van der Waals surface area contributed by atoms with Crippen molar-refractivity contribution in [3.63, 3.8) is 0 Å². The minimum Gasteiger partial charge on any atom is -0.450 e. The largest absolute Gasteiger partial charge is 0.450 e. The van der Waals surface area contributed by atoms with E-state index in [0.717, 1.165) is 0 Å². The molecule has 0 unspecified atom stereocenters. The van der Waals surface area contributed by atoms with E-state index in [9.17, 15) is 9.59 Å². The minimum atomic E-state index is -0.552. The Balaban J connectivity index is 1.83. The SMILES string of the molecule is CCOC(=O)Nc1ccc(C(=O)NNC(=S)Nc2cccc(Cl)c2)cc1. The third-order valence-electron chi connectivity index (χ3n) is 3.04. The Bertz CT molecular complexity index is 799. The lowest BCUT2D eigenvalue weighted by Crippen LogP contribution is -2.43. The highest BCUT2D eigenvalue weighted by atomic mass is 35.5. The molecule has 0 aliphatic heterocycles. The predicted molar refractivity (Wildman–Crippen MR) is 105 cm³/mol. The lowest BCUT2D eigenvalue weighted by atomic mass is 10.2. The van der Waals surface area contributed by atoms with Crippen molar-refractivity contribution in [1.82, 2.24) is 10.9 Å². The first-order chi connectivity index (χ1) is 12.5. The highest BCUT2D eigenvalue weighted by Gasteiger charge is 2.07. The molecule has 136 valence electrons. The fourth-order valence-corrected chi connectivity index (χ4v) is 2.26. The molecule has 0 aromatic heterocycles. The third kappa shape index (κ3) is 6.23. The van der Waals surface area contributed by atoms with Crippen molar-refractivity contribution in [2.45, 2.75) is 6.92 Å². The number of benzene rings is 2. The van der Waals surface area contributed by atoms with Crippen LogP contribution in [0, 0.1) is 0 Å². The van der Waals surface area contributed by atoms with Crippen LogP contribution in [0.1, 0.15) is 17.3 Å². The molecule has 2 amide bonds. The number of hydrogen-bond donors (Lipinski definition) is 4. The van der Waals surface area contributed by atoms with E-state index >= 15 is 0 Å². The normalized spacial score (nSPS) is 9.77. The average Bonchev–Trinajstić information content (AvgIpc) is 2.60. The number of hydrogen-bond acceptors (Lipinski definition) is 4. The molecule has 9 heteroatoms. The van der Waals surface area contributed by atoms with Gasteiger partial charge in [-0.1, -0.05) is 17.7 Å². The lowest BCUT2D eigenvalue weighted by molar-refractivity contribution is 0.0944. The second kappa shape index (κ2) is 9.59. The van der Waals surface area contributed by atoms with E-state index in [4.69, 9.17) is 28.6 Å². The van der Waals surface area contributed by atoms with Crippen molar-refractivity contribution >= 4 is 52.3 Å². The molecule has 0 heterocycles. The van der Waals surface area contributed by atoms with E-state index in [1.165, 1.54) is 0 Å². The molecule has 4 N–H and O–H groups in total. The maximum Gasteiger partial charge on any atom is 0.411 e. The number of carbonyl (C=O) groups excluding carboxylic acids is 2. The van der Waals surface area contributed by atoms with Gasteiger partial charge in [-0.2, -0.15) is 0 Å². The van der Waals surface area contributed by atoms with Gasteiger partial charge in [-0.15, -0.1) is 0 Å². The number of carbonyl (C=O) groups is 2. The van der Waals surface area contributed by atoms with Gasteiger partial charge in [0.2, 0.25) is 0 Å². The topological polar surface area (TPSA) is 91.5 Å². The monoisotopic (exact) mass is 392 g/mol. The summed E-state index contributed by atoms with van der Waals surface area (Å²) in [6.45, 7) is 1.99. The van der Waals surface area contributed by atoms with Crippen LogP contribution in [0.5, 0.6) is 0 Å². The zero-order chi connectivity index (χ0) is 18.9. The van der Waals surface area contributed by atoms with Crippen LogP contribution < -0.4 is 21.5 Å². The van der Waals surface area contributed by atoms with Crippen molar-refractivity contribution < 1.29 is 14.3 Å². The number of thiocarbonyl (C=S) groups is 1. The van der Waals surface area contributed by atoms with E-state index in [2.05, 4.69) is 21.5 Å². The van der Waals surface area contributed by atoms with Gasteiger partial charge in [0, 0.05) is 22.0 Å².